The zero-order valence-electron chi connectivity index (χ0n) is 44.9. The lowest BCUT2D eigenvalue weighted by Gasteiger charge is -2.18. The molecule has 0 radical (unpaired) electrons. The van der Waals surface area contributed by atoms with Gasteiger partial charge in [-0.2, -0.15) is 0 Å². The van der Waals surface area contributed by atoms with Crippen molar-refractivity contribution in [2.75, 3.05) is 13.2 Å². The third kappa shape index (κ3) is 54.4. The van der Waals surface area contributed by atoms with Gasteiger partial charge in [0.1, 0.15) is 13.2 Å². The standard InChI is InChI=1S/C61H112O6/c1-4-7-10-13-16-19-22-25-27-29-30-32-34-37-39-42-45-48-51-54-60(63)66-57-58(67-61(64)55-52-49-46-43-40-35-24-21-18-15-12-9-6-3)56-65-59(62)53-50-47-44-41-38-36-33-31-28-26-23-20-17-14-11-8-5-2/h16,19,21,24-25,27,58H,4-15,17-18,20,22-23,26,28-57H2,1-3H3/b19-16-,24-21-,27-25-/t58-/m0/s1. The summed E-state index contributed by atoms with van der Waals surface area (Å²) >= 11 is 0. The minimum absolute atomic E-state index is 0.0729. The molecular formula is C61H112O6. The van der Waals surface area contributed by atoms with Gasteiger partial charge in [0.2, 0.25) is 0 Å². The number of carbonyl (C=O) groups excluding carboxylic acids is 3. The Balaban J connectivity index is 4.31. The number of ether oxygens (including phenoxy) is 3. The summed E-state index contributed by atoms with van der Waals surface area (Å²) in [5.41, 5.74) is 0. The van der Waals surface area contributed by atoms with E-state index in [4.69, 9.17) is 14.2 Å². The lowest BCUT2D eigenvalue weighted by Crippen LogP contribution is -2.30. The van der Waals surface area contributed by atoms with E-state index in [9.17, 15) is 14.4 Å². The number of rotatable bonds is 54. The highest BCUT2D eigenvalue weighted by Crippen LogP contribution is 2.17. The Morgan fingerprint density at radius 1 is 0.299 bits per heavy atom. The van der Waals surface area contributed by atoms with Crippen LogP contribution in [-0.2, 0) is 28.6 Å². The number of allylic oxidation sites excluding steroid dienone is 6. The van der Waals surface area contributed by atoms with E-state index in [0.29, 0.717) is 19.3 Å². The molecule has 392 valence electrons. The Bertz CT molecular complexity index is 1130. The molecule has 0 saturated carbocycles. The minimum Gasteiger partial charge on any atom is -0.462 e. The second-order valence-electron chi connectivity index (χ2n) is 19.9. The molecule has 0 amide bonds. The van der Waals surface area contributed by atoms with E-state index >= 15 is 0 Å². The minimum atomic E-state index is -0.775. The van der Waals surface area contributed by atoms with Gasteiger partial charge in [0, 0.05) is 19.3 Å². The van der Waals surface area contributed by atoms with E-state index in [1.807, 2.05) is 0 Å². The van der Waals surface area contributed by atoms with Crippen molar-refractivity contribution in [2.45, 2.75) is 322 Å². The Morgan fingerprint density at radius 3 is 0.881 bits per heavy atom. The molecule has 0 saturated heterocycles. The van der Waals surface area contributed by atoms with E-state index in [2.05, 4.69) is 57.2 Å². The second kappa shape index (κ2) is 56.2. The predicted octanol–water partition coefficient (Wildman–Crippen LogP) is 19.7. The summed E-state index contributed by atoms with van der Waals surface area (Å²) < 4.78 is 16.9. The molecule has 0 rings (SSSR count). The Hall–Kier alpha value is -2.37. The van der Waals surface area contributed by atoms with Gasteiger partial charge >= 0.3 is 17.9 Å². The molecular weight excluding hydrogens is 829 g/mol. The molecule has 0 fully saturated rings. The average Bonchev–Trinajstić information content (AvgIpc) is 3.33. The van der Waals surface area contributed by atoms with Crippen LogP contribution in [0.5, 0.6) is 0 Å². The van der Waals surface area contributed by atoms with Gasteiger partial charge < -0.3 is 14.2 Å². The van der Waals surface area contributed by atoms with Gasteiger partial charge in [0.15, 0.2) is 6.10 Å². The molecule has 0 aromatic rings. The van der Waals surface area contributed by atoms with E-state index in [1.54, 1.807) is 0 Å². The van der Waals surface area contributed by atoms with Gasteiger partial charge in [-0.05, 0) is 77.0 Å². The van der Waals surface area contributed by atoms with Crippen molar-refractivity contribution in [1.82, 2.24) is 0 Å². The summed E-state index contributed by atoms with van der Waals surface area (Å²) in [4.78, 5) is 38.2. The quantitative estimate of drug-likeness (QED) is 0.0262. The highest BCUT2D eigenvalue weighted by atomic mass is 16.6. The average molecular weight is 942 g/mol. The first kappa shape index (κ1) is 64.6. The van der Waals surface area contributed by atoms with Crippen molar-refractivity contribution in [3.63, 3.8) is 0 Å². The topological polar surface area (TPSA) is 78.9 Å². The molecule has 1 atom stereocenters. The molecule has 0 N–H and O–H groups in total. The van der Waals surface area contributed by atoms with Crippen LogP contribution in [0.15, 0.2) is 36.5 Å². The summed E-state index contributed by atoms with van der Waals surface area (Å²) in [5, 5.41) is 0. The molecule has 0 aliphatic heterocycles. The summed E-state index contributed by atoms with van der Waals surface area (Å²) in [7, 11) is 0. The normalized spacial score (nSPS) is 12.2. The fraction of sp³-hybridized carbons (Fsp3) is 0.852. The summed E-state index contributed by atoms with van der Waals surface area (Å²) in [6.45, 7) is 6.63. The lowest BCUT2D eigenvalue weighted by atomic mass is 10.0. The van der Waals surface area contributed by atoms with Crippen LogP contribution in [0.2, 0.25) is 0 Å². The Labute approximate surface area is 416 Å². The van der Waals surface area contributed by atoms with Crippen molar-refractivity contribution in [3.05, 3.63) is 36.5 Å². The van der Waals surface area contributed by atoms with Crippen molar-refractivity contribution < 1.29 is 28.6 Å². The third-order valence-corrected chi connectivity index (χ3v) is 13.1. The van der Waals surface area contributed by atoms with Crippen molar-refractivity contribution >= 4 is 17.9 Å². The fourth-order valence-corrected chi connectivity index (χ4v) is 8.65. The smallest absolute Gasteiger partial charge is 0.306 e. The summed E-state index contributed by atoms with van der Waals surface area (Å²) in [6.07, 6.45) is 67.0. The number of hydrogen-bond donors (Lipinski definition) is 0. The molecule has 6 heteroatoms. The van der Waals surface area contributed by atoms with Crippen LogP contribution >= 0.6 is 0 Å². The van der Waals surface area contributed by atoms with Crippen LogP contribution in [0.3, 0.4) is 0 Å². The van der Waals surface area contributed by atoms with Crippen LogP contribution in [-0.4, -0.2) is 37.2 Å². The largest absolute Gasteiger partial charge is 0.462 e. The van der Waals surface area contributed by atoms with Crippen molar-refractivity contribution in [2.24, 2.45) is 0 Å². The van der Waals surface area contributed by atoms with Crippen LogP contribution in [0.4, 0.5) is 0 Å². The van der Waals surface area contributed by atoms with Gasteiger partial charge in [-0.25, -0.2) is 0 Å². The fourth-order valence-electron chi connectivity index (χ4n) is 8.65. The number of esters is 3. The molecule has 0 aliphatic rings. The molecule has 0 spiro atoms. The lowest BCUT2D eigenvalue weighted by molar-refractivity contribution is -0.167. The van der Waals surface area contributed by atoms with Gasteiger partial charge in [0.05, 0.1) is 0 Å². The SMILES string of the molecule is CCCCC/C=C\C/C=C\CCCCCCCCCCCC(=O)OC[C@H](COC(=O)CCCCCCCCCCCCCCCCCCC)OC(=O)CCCCCCC/C=C\CCCCCC. The van der Waals surface area contributed by atoms with Crippen LogP contribution in [0.25, 0.3) is 0 Å². The third-order valence-electron chi connectivity index (χ3n) is 13.1. The molecule has 0 bridgehead atoms. The van der Waals surface area contributed by atoms with E-state index in [-0.39, 0.29) is 31.1 Å². The van der Waals surface area contributed by atoms with Gasteiger partial charge in [-0.15, -0.1) is 0 Å². The van der Waals surface area contributed by atoms with Crippen LogP contribution in [0.1, 0.15) is 316 Å². The highest BCUT2D eigenvalue weighted by molar-refractivity contribution is 5.71. The summed E-state index contributed by atoms with van der Waals surface area (Å²) in [6, 6.07) is 0. The Morgan fingerprint density at radius 2 is 0.537 bits per heavy atom. The van der Waals surface area contributed by atoms with Gasteiger partial charge in [-0.1, -0.05) is 256 Å². The maximum Gasteiger partial charge on any atom is 0.306 e. The number of carbonyl (C=O) groups is 3. The molecule has 0 aromatic heterocycles. The zero-order chi connectivity index (χ0) is 48.6. The van der Waals surface area contributed by atoms with Gasteiger partial charge in [0.25, 0.3) is 0 Å². The highest BCUT2D eigenvalue weighted by Gasteiger charge is 2.19. The summed E-state index contributed by atoms with van der Waals surface area (Å²) in [5.74, 6) is -0.868. The first-order valence-electron chi connectivity index (χ1n) is 29.5. The van der Waals surface area contributed by atoms with E-state index in [0.717, 1.165) is 70.6 Å². The van der Waals surface area contributed by atoms with Crippen molar-refractivity contribution in [1.29, 1.82) is 0 Å². The van der Waals surface area contributed by atoms with Gasteiger partial charge in [-0.3, -0.25) is 14.4 Å². The molecule has 6 nitrogen and oxygen atoms in total. The maximum absolute atomic E-state index is 12.8. The molecule has 0 aliphatic carbocycles. The van der Waals surface area contributed by atoms with E-state index in [1.165, 1.54) is 205 Å². The molecule has 67 heavy (non-hydrogen) atoms. The zero-order valence-corrected chi connectivity index (χ0v) is 44.9. The number of hydrogen-bond acceptors (Lipinski definition) is 6. The van der Waals surface area contributed by atoms with Crippen LogP contribution < -0.4 is 0 Å². The molecule has 0 heterocycles. The maximum atomic E-state index is 12.8. The van der Waals surface area contributed by atoms with E-state index < -0.39 is 6.10 Å². The van der Waals surface area contributed by atoms with Crippen LogP contribution in [0, 0.1) is 0 Å². The van der Waals surface area contributed by atoms with Crippen molar-refractivity contribution in [3.8, 4) is 0 Å². The first-order valence-corrected chi connectivity index (χ1v) is 29.5. The second-order valence-corrected chi connectivity index (χ2v) is 19.9. The monoisotopic (exact) mass is 941 g/mol. The first-order chi connectivity index (χ1) is 33.0. The molecule has 0 aromatic carbocycles. The molecule has 0 unspecified atom stereocenters. The number of unbranched alkanes of at least 4 members (excludes halogenated alkanes) is 37. The Kier molecular flexibility index (Phi) is 54.2. The predicted molar refractivity (Wildman–Crippen MR) is 289 cm³/mol.